The van der Waals surface area contributed by atoms with E-state index in [9.17, 15) is 9.18 Å². The standard InChI is InChI=1S/C18H20FN3O2S/c1-10-7-20-11(2)17(22-10)13-4-5-15(19)14-6-12(24-18(13)14)8-21-16(23)9-25-3/h4-5,7,12H,6,8-9H2,1-3H3,(H,21,23). The maximum atomic E-state index is 14.3. The van der Waals surface area contributed by atoms with Crippen LogP contribution in [0.1, 0.15) is 17.0 Å². The van der Waals surface area contributed by atoms with Crippen LogP contribution in [0.15, 0.2) is 18.3 Å². The first kappa shape index (κ1) is 17.7. The van der Waals surface area contributed by atoms with Crippen LogP contribution < -0.4 is 10.1 Å². The molecule has 1 aliphatic heterocycles. The predicted molar refractivity (Wildman–Crippen MR) is 96.4 cm³/mol. The van der Waals surface area contributed by atoms with E-state index in [1.54, 1.807) is 12.3 Å². The van der Waals surface area contributed by atoms with Crippen molar-refractivity contribution in [3.05, 3.63) is 41.1 Å². The average Bonchev–Trinajstić information content (AvgIpc) is 3.01. The zero-order valence-corrected chi connectivity index (χ0v) is 15.2. The minimum Gasteiger partial charge on any atom is -0.487 e. The molecule has 132 valence electrons. The molecule has 0 saturated heterocycles. The number of rotatable bonds is 5. The van der Waals surface area contributed by atoms with Gasteiger partial charge in [-0.3, -0.25) is 9.78 Å². The summed E-state index contributed by atoms with van der Waals surface area (Å²) in [5.74, 6) is 0.562. The van der Waals surface area contributed by atoms with E-state index in [-0.39, 0.29) is 17.8 Å². The van der Waals surface area contributed by atoms with Crippen LogP contribution in [0.25, 0.3) is 11.3 Å². The number of benzene rings is 1. The van der Waals surface area contributed by atoms with Crippen LogP contribution in [-0.4, -0.2) is 40.5 Å². The third-order valence-electron chi connectivity index (χ3n) is 4.05. The minimum absolute atomic E-state index is 0.0480. The lowest BCUT2D eigenvalue weighted by atomic mass is 10.0. The van der Waals surface area contributed by atoms with Crippen molar-refractivity contribution < 1.29 is 13.9 Å². The highest BCUT2D eigenvalue weighted by molar-refractivity contribution is 7.99. The number of ether oxygens (including phenoxy) is 1. The highest BCUT2D eigenvalue weighted by Gasteiger charge is 2.30. The van der Waals surface area contributed by atoms with Crippen LogP contribution in [-0.2, 0) is 11.2 Å². The Labute approximate surface area is 150 Å². The van der Waals surface area contributed by atoms with Crippen molar-refractivity contribution in [3.63, 3.8) is 0 Å². The van der Waals surface area contributed by atoms with E-state index in [4.69, 9.17) is 4.74 Å². The van der Waals surface area contributed by atoms with Gasteiger partial charge in [0.15, 0.2) is 0 Å². The molecule has 5 nitrogen and oxygen atoms in total. The Bertz CT molecular complexity index is 813. The molecule has 1 unspecified atom stereocenters. The second-order valence-corrected chi connectivity index (χ2v) is 6.90. The van der Waals surface area contributed by atoms with E-state index in [0.29, 0.717) is 35.7 Å². The number of aromatic nitrogens is 2. The van der Waals surface area contributed by atoms with Crippen molar-refractivity contribution in [1.29, 1.82) is 0 Å². The van der Waals surface area contributed by atoms with E-state index >= 15 is 0 Å². The van der Waals surface area contributed by atoms with Crippen LogP contribution in [0.3, 0.4) is 0 Å². The number of fused-ring (bicyclic) bond motifs is 1. The monoisotopic (exact) mass is 361 g/mol. The fraction of sp³-hybridized carbons (Fsp3) is 0.389. The average molecular weight is 361 g/mol. The first-order chi connectivity index (χ1) is 12.0. The number of carbonyl (C=O) groups excluding carboxylic acids is 1. The molecule has 1 aliphatic rings. The predicted octanol–water partition coefficient (Wildman–Crippen LogP) is 2.68. The molecule has 0 saturated carbocycles. The van der Waals surface area contributed by atoms with Crippen LogP contribution in [0.4, 0.5) is 4.39 Å². The van der Waals surface area contributed by atoms with Gasteiger partial charge < -0.3 is 10.1 Å². The number of amides is 1. The van der Waals surface area contributed by atoms with E-state index in [0.717, 1.165) is 17.0 Å². The summed E-state index contributed by atoms with van der Waals surface area (Å²) >= 11 is 1.46. The number of halogens is 1. The molecule has 7 heteroatoms. The Morgan fingerprint density at radius 1 is 1.44 bits per heavy atom. The molecule has 1 N–H and O–H groups in total. The first-order valence-corrected chi connectivity index (χ1v) is 9.43. The Hall–Kier alpha value is -2.15. The zero-order valence-electron chi connectivity index (χ0n) is 14.4. The molecule has 0 bridgehead atoms. The molecule has 1 atom stereocenters. The van der Waals surface area contributed by atoms with Gasteiger partial charge in [0.2, 0.25) is 5.91 Å². The van der Waals surface area contributed by atoms with Crippen molar-refractivity contribution in [2.45, 2.75) is 26.4 Å². The summed E-state index contributed by atoms with van der Waals surface area (Å²) in [5, 5.41) is 2.82. The van der Waals surface area contributed by atoms with Crippen molar-refractivity contribution in [2.24, 2.45) is 0 Å². The van der Waals surface area contributed by atoms with Crippen LogP contribution in [0, 0.1) is 19.7 Å². The Morgan fingerprint density at radius 2 is 2.24 bits per heavy atom. The van der Waals surface area contributed by atoms with E-state index in [1.165, 1.54) is 17.8 Å². The highest BCUT2D eigenvalue weighted by atomic mass is 32.2. The van der Waals surface area contributed by atoms with Gasteiger partial charge in [-0.25, -0.2) is 9.37 Å². The van der Waals surface area contributed by atoms with Gasteiger partial charge in [0.25, 0.3) is 0 Å². The van der Waals surface area contributed by atoms with Gasteiger partial charge in [0.05, 0.1) is 29.4 Å². The van der Waals surface area contributed by atoms with Crippen molar-refractivity contribution >= 4 is 17.7 Å². The summed E-state index contributed by atoms with van der Waals surface area (Å²) < 4.78 is 20.2. The second-order valence-electron chi connectivity index (χ2n) is 6.03. The molecule has 3 rings (SSSR count). The number of aryl methyl sites for hydroxylation is 2. The summed E-state index contributed by atoms with van der Waals surface area (Å²) in [4.78, 5) is 20.5. The molecule has 0 radical (unpaired) electrons. The summed E-state index contributed by atoms with van der Waals surface area (Å²) in [6.07, 6.45) is 3.71. The molecule has 0 spiro atoms. The van der Waals surface area contributed by atoms with Gasteiger partial charge in [0, 0.05) is 23.7 Å². The van der Waals surface area contributed by atoms with Crippen molar-refractivity contribution in [1.82, 2.24) is 15.3 Å². The Balaban J connectivity index is 1.86. The maximum absolute atomic E-state index is 14.3. The van der Waals surface area contributed by atoms with Gasteiger partial charge in [-0.2, -0.15) is 11.8 Å². The smallest absolute Gasteiger partial charge is 0.230 e. The summed E-state index contributed by atoms with van der Waals surface area (Å²) in [6.45, 7) is 4.09. The molecule has 2 heterocycles. The Kier molecular flexibility index (Phi) is 5.22. The van der Waals surface area contributed by atoms with Crippen molar-refractivity contribution in [2.75, 3.05) is 18.6 Å². The molecule has 1 aromatic heterocycles. The fourth-order valence-electron chi connectivity index (χ4n) is 2.87. The van der Waals surface area contributed by atoms with Gasteiger partial charge in [0.1, 0.15) is 17.7 Å². The minimum atomic E-state index is -0.296. The summed E-state index contributed by atoms with van der Waals surface area (Å²) in [6, 6.07) is 3.12. The summed E-state index contributed by atoms with van der Waals surface area (Å²) in [5.41, 5.74) is 3.52. The topological polar surface area (TPSA) is 64.1 Å². The molecular formula is C18H20FN3O2S. The lowest BCUT2D eigenvalue weighted by Crippen LogP contribution is -2.35. The SMILES string of the molecule is CSCC(=O)NCC1Cc2c(F)ccc(-c3nc(C)cnc3C)c2O1. The molecule has 2 aromatic rings. The number of carbonyl (C=O) groups is 1. The number of nitrogens with zero attached hydrogens (tertiary/aromatic N) is 2. The van der Waals surface area contributed by atoms with Crippen LogP contribution in [0.5, 0.6) is 5.75 Å². The summed E-state index contributed by atoms with van der Waals surface area (Å²) in [7, 11) is 0. The number of thioether (sulfide) groups is 1. The van der Waals surface area contributed by atoms with Gasteiger partial charge >= 0.3 is 0 Å². The Morgan fingerprint density at radius 3 is 3.00 bits per heavy atom. The van der Waals surface area contributed by atoms with Gasteiger partial charge in [-0.15, -0.1) is 0 Å². The normalized spacial score (nSPS) is 15.6. The van der Waals surface area contributed by atoms with E-state index in [2.05, 4.69) is 15.3 Å². The van der Waals surface area contributed by atoms with Crippen LogP contribution in [0.2, 0.25) is 0 Å². The fourth-order valence-corrected chi connectivity index (χ4v) is 3.23. The molecule has 25 heavy (non-hydrogen) atoms. The molecule has 1 amide bonds. The molecule has 0 fully saturated rings. The van der Waals surface area contributed by atoms with E-state index < -0.39 is 0 Å². The lowest BCUT2D eigenvalue weighted by molar-refractivity contribution is -0.118. The van der Waals surface area contributed by atoms with Crippen molar-refractivity contribution in [3.8, 4) is 17.0 Å². The van der Waals surface area contributed by atoms with Gasteiger partial charge in [-0.05, 0) is 32.2 Å². The van der Waals surface area contributed by atoms with Gasteiger partial charge in [-0.1, -0.05) is 0 Å². The number of hydrogen-bond acceptors (Lipinski definition) is 5. The van der Waals surface area contributed by atoms with E-state index in [1.807, 2.05) is 20.1 Å². The lowest BCUT2D eigenvalue weighted by Gasteiger charge is -2.14. The number of hydrogen-bond donors (Lipinski definition) is 1. The number of nitrogens with one attached hydrogen (secondary N) is 1. The second kappa shape index (κ2) is 7.39. The maximum Gasteiger partial charge on any atom is 0.230 e. The third-order valence-corrected chi connectivity index (χ3v) is 4.60. The highest BCUT2D eigenvalue weighted by Crippen LogP contribution is 2.40. The first-order valence-electron chi connectivity index (χ1n) is 8.04. The molecular weight excluding hydrogens is 341 g/mol. The third kappa shape index (κ3) is 3.76. The quantitative estimate of drug-likeness (QED) is 0.887. The molecule has 0 aliphatic carbocycles. The zero-order chi connectivity index (χ0) is 18.0. The molecule has 1 aromatic carbocycles. The van der Waals surface area contributed by atoms with Crippen LogP contribution >= 0.6 is 11.8 Å². The largest absolute Gasteiger partial charge is 0.487 e.